The Balaban J connectivity index is 1.94. The monoisotopic (exact) mass is 700 g/mol. The molecule has 0 saturated carbocycles. The topological polar surface area (TPSA) is 108 Å². The Kier molecular flexibility index (Phi) is 8.10. The molecule has 204 valence electrons. The van der Waals surface area contributed by atoms with E-state index >= 15 is 0 Å². The lowest BCUT2D eigenvalue weighted by Crippen LogP contribution is -2.42. The first-order chi connectivity index (χ1) is 19.1. The Bertz CT molecular complexity index is 1890. The Labute approximate surface area is 251 Å². The lowest BCUT2D eigenvalue weighted by atomic mass is 10.1. The molecule has 40 heavy (non-hydrogen) atoms. The second-order valence-corrected chi connectivity index (χ2v) is 13.6. The third kappa shape index (κ3) is 5.18. The molecular formula is C29H22Br2N2O5S2. The highest BCUT2D eigenvalue weighted by atomic mass is 79.9. The molecule has 2 heterocycles. The van der Waals surface area contributed by atoms with Crippen LogP contribution >= 0.6 is 43.6 Å². The number of nitrogen functional groups attached to an aromatic ring is 1. The number of thioether (sulfide) groups is 1. The number of hydrogen-bond acceptors (Lipinski definition) is 7. The molecule has 0 unspecified atom stereocenters. The van der Waals surface area contributed by atoms with Gasteiger partial charge in [0, 0.05) is 14.2 Å². The lowest BCUT2D eigenvalue weighted by molar-refractivity contribution is -0.135. The summed E-state index contributed by atoms with van der Waals surface area (Å²) in [7, 11) is -4.29. The third-order valence-electron chi connectivity index (χ3n) is 6.18. The van der Waals surface area contributed by atoms with Crippen molar-refractivity contribution in [3.8, 4) is 0 Å². The first-order valence-corrected chi connectivity index (χ1v) is 16.0. The molecule has 0 radical (unpaired) electrons. The molecule has 1 aliphatic heterocycles. The first kappa shape index (κ1) is 28.4. The molecule has 0 bridgehead atoms. The third-order valence-corrected chi connectivity index (χ3v) is 10.3. The number of fused-ring (bicyclic) bond motifs is 1. The zero-order valence-electron chi connectivity index (χ0n) is 21.0. The van der Waals surface area contributed by atoms with Crippen molar-refractivity contribution in [3.63, 3.8) is 0 Å². The number of nitrogens with two attached hydrogens (primary N) is 1. The van der Waals surface area contributed by atoms with Gasteiger partial charge in [-0.15, -0.1) is 0 Å². The van der Waals surface area contributed by atoms with Gasteiger partial charge >= 0.3 is 5.97 Å². The van der Waals surface area contributed by atoms with Crippen LogP contribution in [0.25, 0.3) is 11.0 Å². The van der Waals surface area contributed by atoms with Crippen molar-refractivity contribution in [1.82, 2.24) is 4.57 Å². The highest BCUT2D eigenvalue weighted by molar-refractivity contribution is 9.10. The van der Waals surface area contributed by atoms with Crippen LogP contribution in [0.4, 0.5) is 5.69 Å². The fourth-order valence-electron chi connectivity index (χ4n) is 4.47. The predicted octanol–water partition coefficient (Wildman–Crippen LogP) is 5.06. The van der Waals surface area contributed by atoms with Gasteiger partial charge in [-0.25, -0.2) is 13.2 Å². The maximum Gasteiger partial charge on any atom is 0.346 e. The number of halogens is 2. The summed E-state index contributed by atoms with van der Waals surface area (Å²) in [6.45, 7) is 1.77. The Morgan fingerprint density at radius 2 is 1.70 bits per heavy atom. The van der Waals surface area contributed by atoms with Crippen molar-refractivity contribution in [2.45, 2.75) is 22.1 Å². The Hall–Kier alpha value is -3.12. The van der Waals surface area contributed by atoms with Gasteiger partial charge in [0.2, 0.25) is 15.7 Å². The van der Waals surface area contributed by atoms with Gasteiger partial charge in [-0.05, 0) is 60.5 Å². The average molecular weight is 702 g/mol. The number of esters is 1. The number of ether oxygens (including phenoxy) is 1. The summed E-state index contributed by atoms with van der Waals surface area (Å²) in [6.07, 6.45) is 1.67. The van der Waals surface area contributed by atoms with Crippen molar-refractivity contribution < 1.29 is 22.7 Å². The molecule has 11 heteroatoms. The molecule has 0 spiro atoms. The fourth-order valence-corrected chi connectivity index (χ4v) is 8.05. The summed E-state index contributed by atoms with van der Waals surface area (Å²) in [6, 6.07) is 22.1. The van der Waals surface area contributed by atoms with E-state index in [9.17, 15) is 18.0 Å². The minimum absolute atomic E-state index is 0.0290. The van der Waals surface area contributed by atoms with E-state index in [0.29, 0.717) is 11.1 Å². The summed E-state index contributed by atoms with van der Waals surface area (Å²) in [5.74, 6) is -1.22. The van der Waals surface area contributed by atoms with Crippen LogP contribution in [0.5, 0.6) is 0 Å². The molecular weight excluding hydrogens is 680 g/mol. The van der Waals surface area contributed by atoms with Crippen LogP contribution in [-0.4, -0.2) is 31.5 Å². The maximum absolute atomic E-state index is 14.2. The van der Waals surface area contributed by atoms with Crippen molar-refractivity contribution in [1.29, 1.82) is 0 Å². The zero-order chi connectivity index (χ0) is 28.6. The molecule has 3 aromatic carbocycles. The van der Waals surface area contributed by atoms with Gasteiger partial charge < -0.3 is 10.5 Å². The standard InChI is InChI=1S/C29H22Br2N2O5S2/c1-2-38-29(35)26-24-22(15-17-8-6-10-19(30)14-17)23(32)28(40(36,37)21-12-4-3-5-13-21)33(24)27(34)25(39-26)18-9-7-11-20(31)16-18/h3-16,25H,2,32H2,1H3/b22-15+/t25-/m1/s1. The summed E-state index contributed by atoms with van der Waals surface area (Å²) in [5, 5.41) is -0.988. The van der Waals surface area contributed by atoms with Crippen molar-refractivity contribution in [3.05, 3.63) is 110 Å². The molecule has 0 amide bonds. The number of aromatic nitrogens is 1. The fraction of sp³-hybridized carbons (Fsp3) is 0.103. The summed E-state index contributed by atoms with van der Waals surface area (Å²) in [5.41, 5.74) is 7.76. The van der Waals surface area contributed by atoms with Gasteiger partial charge in [0.15, 0.2) is 5.03 Å². The van der Waals surface area contributed by atoms with Crippen LogP contribution in [0.15, 0.2) is 97.7 Å². The number of carbonyl (C=O) groups excluding carboxylic acids is 2. The number of hydrogen-bond donors (Lipinski definition) is 1. The van der Waals surface area contributed by atoms with E-state index < -0.39 is 27.0 Å². The van der Waals surface area contributed by atoms with E-state index in [0.717, 1.165) is 25.3 Å². The maximum atomic E-state index is 14.2. The molecule has 1 aliphatic rings. The molecule has 5 rings (SSSR count). The minimum atomic E-state index is -4.29. The molecule has 0 saturated heterocycles. The SMILES string of the molecule is CCOC(=O)C1=c2/c(=C/c3cccc(Br)c3)c(N)c(S(=O)(=O)c3ccccc3)n2C(=O)[C@@H](c2cccc(Br)c2)S1. The van der Waals surface area contributed by atoms with E-state index in [4.69, 9.17) is 10.5 Å². The smallest absolute Gasteiger partial charge is 0.346 e. The van der Waals surface area contributed by atoms with E-state index in [2.05, 4.69) is 31.9 Å². The second-order valence-electron chi connectivity index (χ2n) is 8.77. The Morgan fingerprint density at radius 3 is 2.35 bits per heavy atom. The van der Waals surface area contributed by atoms with Crippen molar-refractivity contribution >= 4 is 82.0 Å². The van der Waals surface area contributed by atoms with Crippen LogP contribution in [-0.2, 0) is 19.4 Å². The van der Waals surface area contributed by atoms with Gasteiger partial charge in [-0.2, -0.15) is 0 Å². The number of carbonyl (C=O) groups is 2. The predicted molar refractivity (Wildman–Crippen MR) is 163 cm³/mol. The van der Waals surface area contributed by atoms with Crippen molar-refractivity contribution in [2.24, 2.45) is 0 Å². The van der Waals surface area contributed by atoms with Crippen LogP contribution in [0.3, 0.4) is 0 Å². The van der Waals surface area contributed by atoms with E-state index in [-0.39, 0.29) is 37.7 Å². The summed E-state index contributed by atoms with van der Waals surface area (Å²) < 4.78 is 36.1. The average Bonchev–Trinajstić information content (AvgIpc) is 3.22. The summed E-state index contributed by atoms with van der Waals surface area (Å²) in [4.78, 5) is 27.7. The molecule has 2 N–H and O–H groups in total. The van der Waals surface area contributed by atoms with Crippen LogP contribution in [0.2, 0.25) is 0 Å². The highest BCUT2D eigenvalue weighted by Gasteiger charge is 2.40. The van der Waals surface area contributed by atoms with Crippen LogP contribution in [0.1, 0.15) is 28.1 Å². The molecule has 0 aliphatic carbocycles. The number of nitrogens with zero attached hydrogens (tertiary/aromatic N) is 1. The largest absolute Gasteiger partial charge is 0.462 e. The van der Waals surface area contributed by atoms with Crippen molar-refractivity contribution in [2.75, 3.05) is 12.3 Å². The number of sulfone groups is 1. The van der Waals surface area contributed by atoms with Crippen LogP contribution < -0.4 is 16.3 Å². The first-order valence-electron chi connectivity index (χ1n) is 12.1. The van der Waals surface area contributed by atoms with Gasteiger partial charge in [0.1, 0.15) is 10.2 Å². The highest BCUT2D eigenvalue weighted by Crippen LogP contribution is 2.41. The second kappa shape index (κ2) is 11.4. The number of anilines is 1. The van der Waals surface area contributed by atoms with E-state index in [1.54, 1.807) is 49.4 Å². The van der Waals surface area contributed by atoms with Gasteiger partial charge in [0.05, 0.1) is 22.5 Å². The summed E-state index contributed by atoms with van der Waals surface area (Å²) >= 11 is 7.90. The molecule has 7 nitrogen and oxygen atoms in total. The molecule has 1 aromatic heterocycles. The van der Waals surface area contributed by atoms with Gasteiger partial charge in [-0.3, -0.25) is 9.36 Å². The number of rotatable bonds is 6. The number of benzene rings is 3. The van der Waals surface area contributed by atoms with E-state index in [1.165, 1.54) is 12.1 Å². The molecule has 1 atom stereocenters. The quantitative estimate of drug-likeness (QED) is 0.280. The van der Waals surface area contributed by atoms with Gasteiger partial charge in [-0.1, -0.05) is 86.1 Å². The molecule has 4 aromatic rings. The Morgan fingerprint density at radius 1 is 1.02 bits per heavy atom. The zero-order valence-corrected chi connectivity index (χ0v) is 25.8. The normalized spacial score (nSPS) is 15.7. The van der Waals surface area contributed by atoms with Crippen LogP contribution in [0, 0.1) is 0 Å². The minimum Gasteiger partial charge on any atom is -0.462 e. The van der Waals surface area contributed by atoms with E-state index in [1.807, 2.05) is 30.3 Å². The lowest BCUT2D eigenvalue weighted by Gasteiger charge is -2.24. The molecule has 0 fully saturated rings. The van der Waals surface area contributed by atoms with Gasteiger partial charge in [0.25, 0.3) is 0 Å².